The van der Waals surface area contributed by atoms with Crippen LogP contribution in [0, 0.1) is 0 Å². The zero-order valence-electron chi connectivity index (χ0n) is 9.72. The Kier molecular flexibility index (Phi) is 3.53. The number of carbonyl (C=O) groups excluding carboxylic acids is 1. The van der Waals surface area contributed by atoms with Crippen LogP contribution in [-0.2, 0) is 4.79 Å². The second kappa shape index (κ2) is 4.91. The molecular formula is C11H17N3OS. The standard InChI is InChI=1S/C11H17N3OS/c1-8(2)10-12-11(16-13-10)14-6-4-3-5-9(14)7-15/h7-9H,3-6H2,1-2H3. The first kappa shape index (κ1) is 11.5. The molecule has 16 heavy (non-hydrogen) atoms. The fourth-order valence-corrected chi connectivity index (χ4v) is 2.81. The van der Waals surface area contributed by atoms with Crippen LogP contribution < -0.4 is 4.90 Å². The van der Waals surface area contributed by atoms with E-state index in [0.29, 0.717) is 5.92 Å². The van der Waals surface area contributed by atoms with Crippen molar-refractivity contribution >= 4 is 23.0 Å². The number of aromatic nitrogens is 2. The Morgan fingerprint density at radius 2 is 2.31 bits per heavy atom. The molecule has 1 saturated heterocycles. The number of nitrogens with zero attached hydrogens (tertiary/aromatic N) is 3. The largest absolute Gasteiger partial charge is 0.337 e. The normalized spacial score (nSPS) is 21.4. The molecule has 1 fully saturated rings. The van der Waals surface area contributed by atoms with Gasteiger partial charge in [-0.1, -0.05) is 13.8 Å². The molecule has 1 aliphatic rings. The minimum Gasteiger partial charge on any atom is -0.337 e. The summed E-state index contributed by atoms with van der Waals surface area (Å²) in [5.74, 6) is 1.24. The molecule has 5 heteroatoms. The summed E-state index contributed by atoms with van der Waals surface area (Å²) in [5.41, 5.74) is 0. The van der Waals surface area contributed by atoms with E-state index in [1.54, 1.807) is 0 Å². The van der Waals surface area contributed by atoms with Gasteiger partial charge in [0, 0.05) is 24.0 Å². The summed E-state index contributed by atoms with van der Waals surface area (Å²) in [7, 11) is 0. The van der Waals surface area contributed by atoms with Crippen molar-refractivity contribution in [2.75, 3.05) is 11.4 Å². The van der Waals surface area contributed by atoms with Gasteiger partial charge in [-0.2, -0.15) is 4.37 Å². The molecule has 0 spiro atoms. The number of rotatable bonds is 3. The van der Waals surface area contributed by atoms with Crippen LogP contribution in [0.25, 0.3) is 0 Å². The van der Waals surface area contributed by atoms with E-state index in [1.807, 2.05) is 0 Å². The third-order valence-electron chi connectivity index (χ3n) is 2.90. The zero-order valence-corrected chi connectivity index (χ0v) is 10.5. The van der Waals surface area contributed by atoms with Gasteiger partial charge in [0.2, 0.25) is 5.13 Å². The van der Waals surface area contributed by atoms with E-state index in [9.17, 15) is 4.79 Å². The molecule has 0 radical (unpaired) electrons. The Morgan fingerprint density at radius 1 is 1.50 bits per heavy atom. The molecule has 0 saturated carbocycles. The molecule has 1 aliphatic heterocycles. The Hall–Kier alpha value is -0.970. The lowest BCUT2D eigenvalue weighted by Gasteiger charge is -2.31. The fraction of sp³-hybridized carbons (Fsp3) is 0.727. The van der Waals surface area contributed by atoms with Crippen LogP contribution in [0.15, 0.2) is 0 Å². The van der Waals surface area contributed by atoms with E-state index in [-0.39, 0.29) is 6.04 Å². The van der Waals surface area contributed by atoms with Crippen LogP contribution in [0.4, 0.5) is 5.13 Å². The molecule has 0 aromatic carbocycles. The maximum absolute atomic E-state index is 11.0. The van der Waals surface area contributed by atoms with Crippen molar-refractivity contribution in [3.8, 4) is 0 Å². The Morgan fingerprint density at radius 3 is 2.94 bits per heavy atom. The van der Waals surface area contributed by atoms with Crippen molar-refractivity contribution < 1.29 is 4.79 Å². The molecule has 1 unspecified atom stereocenters. The van der Waals surface area contributed by atoms with Crippen molar-refractivity contribution in [1.29, 1.82) is 0 Å². The van der Waals surface area contributed by atoms with Crippen LogP contribution >= 0.6 is 11.5 Å². The van der Waals surface area contributed by atoms with Gasteiger partial charge in [-0.15, -0.1) is 0 Å². The topological polar surface area (TPSA) is 46.1 Å². The number of piperidine rings is 1. The van der Waals surface area contributed by atoms with Crippen LogP contribution in [0.2, 0.25) is 0 Å². The molecule has 1 atom stereocenters. The second-order valence-corrected chi connectivity index (χ2v) is 5.21. The molecule has 88 valence electrons. The van der Waals surface area contributed by atoms with Gasteiger partial charge in [0.25, 0.3) is 0 Å². The van der Waals surface area contributed by atoms with Gasteiger partial charge in [0.1, 0.15) is 12.1 Å². The summed E-state index contributed by atoms with van der Waals surface area (Å²) in [6, 6.07) is 0.00159. The number of carbonyl (C=O) groups is 1. The summed E-state index contributed by atoms with van der Waals surface area (Å²) in [4.78, 5) is 17.6. The van der Waals surface area contributed by atoms with E-state index < -0.39 is 0 Å². The summed E-state index contributed by atoms with van der Waals surface area (Å²) >= 11 is 1.41. The number of aldehydes is 1. The molecule has 0 N–H and O–H groups in total. The molecule has 1 aromatic rings. The lowest BCUT2D eigenvalue weighted by molar-refractivity contribution is -0.109. The third-order valence-corrected chi connectivity index (χ3v) is 3.67. The molecule has 1 aromatic heterocycles. The van der Waals surface area contributed by atoms with E-state index in [2.05, 4.69) is 28.1 Å². The minimum atomic E-state index is 0.00159. The number of hydrogen-bond acceptors (Lipinski definition) is 5. The second-order valence-electron chi connectivity index (χ2n) is 4.48. The number of hydrogen-bond donors (Lipinski definition) is 0. The molecule has 0 bridgehead atoms. The molecule has 4 nitrogen and oxygen atoms in total. The highest BCUT2D eigenvalue weighted by Crippen LogP contribution is 2.27. The van der Waals surface area contributed by atoms with E-state index in [4.69, 9.17) is 0 Å². The third kappa shape index (κ3) is 2.24. The molecule has 0 amide bonds. The van der Waals surface area contributed by atoms with Crippen LogP contribution in [0.1, 0.15) is 44.9 Å². The van der Waals surface area contributed by atoms with Gasteiger partial charge >= 0.3 is 0 Å². The van der Waals surface area contributed by atoms with Gasteiger partial charge in [-0.05, 0) is 19.3 Å². The van der Waals surface area contributed by atoms with E-state index in [1.165, 1.54) is 11.5 Å². The predicted molar refractivity (Wildman–Crippen MR) is 65.0 cm³/mol. The smallest absolute Gasteiger partial charge is 0.205 e. The first-order chi connectivity index (χ1) is 7.72. The average molecular weight is 239 g/mol. The highest BCUT2D eigenvalue weighted by atomic mass is 32.1. The van der Waals surface area contributed by atoms with Crippen LogP contribution in [0.5, 0.6) is 0 Å². The number of anilines is 1. The van der Waals surface area contributed by atoms with Gasteiger partial charge in [-0.25, -0.2) is 4.98 Å². The molecule has 2 heterocycles. The summed E-state index contributed by atoms with van der Waals surface area (Å²) in [6.07, 6.45) is 4.26. The lowest BCUT2D eigenvalue weighted by Crippen LogP contribution is -2.40. The monoisotopic (exact) mass is 239 g/mol. The van der Waals surface area contributed by atoms with Gasteiger partial charge < -0.3 is 9.69 Å². The van der Waals surface area contributed by atoms with Gasteiger partial charge in [0.05, 0.1) is 6.04 Å². The predicted octanol–water partition coefficient (Wildman–Crippen LogP) is 2.22. The van der Waals surface area contributed by atoms with E-state index >= 15 is 0 Å². The summed E-state index contributed by atoms with van der Waals surface area (Å²) in [6.45, 7) is 5.09. The Balaban J connectivity index is 2.17. The van der Waals surface area contributed by atoms with Crippen molar-refractivity contribution in [3.05, 3.63) is 5.82 Å². The molecule has 0 aliphatic carbocycles. The van der Waals surface area contributed by atoms with Crippen molar-refractivity contribution in [1.82, 2.24) is 9.36 Å². The first-order valence-electron chi connectivity index (χ1n) is 5.78. The average Bonchev–Trinajstić information content (AvgIpc) is 2.78. The molecular weight excluding hydrogens is 222 g/mol. The Bertz CT molecular complexity index is 364. The molecule has 2 rings (SSSR count). The Labute approximate surface area is 99.9 Å². The SMILES string of the molecule is CC(C)c1nsc(N2CCCCC2C=O)n1. The quantitative estimate of drug-likeness (QED) is 0.759. The van der Waals surface area contributed by atoms with Crippen molar-refractivity contribution in [2.45, 2.75) is 45.1 Å². The first-order valence-corrected chi connectivity index (χ1v) is 6.55. The summed E-state index contributed by atoms with van der Waals surface area (Å²) in [5, 5.41) is 0.903. The zero-order chi connectivity index (χ0) is 11.5. The van der Waals surface area contributed by atoms with Crippen molar-refractivity contribution in [2.24, 2.45) is 0 Å². The van der Waals surface area contributed by atoms with E-state index in [0.717, 1.165) is 43.0 Å². The van der Waals surface area contributed by atoms with Crippen LogP contribution in [-0.4, -0.2) is 28.2 Å². The fourth-order valence-electron chi connectivity index (χ4n) is 1.91. The van der Waals surface area contributed by atoms with Crippen LogP contribution in [0.3, 0.4) is 0 Å². The highest BCUT2D eigenvalue weighted by molar-refractivity contribution is 7.09. The van der Waals surface area contributed by atoms with Gasteiger partial charge in [-0.3, -0.25) is 0 Å². The van der Waals surface area contributed by atoms with Gasteiger partial charge in [0.15, 0.2) is 0 Å². The van der Waals surface area contributed by atoms with Crippen molar-refractivity contribution in [3.63, 3.8) is 0 Å². The highest BCUT2D eigenvalue weighted by Gasteiger charge is 2.25. The maximum Gasteiger partial charge on any atom is 0.205 e. The lowest BCUT2D eigenvalue weighted by atomic mass is 10.0. The summed E-state index contributed by atoms with van der Waals surface area (Å²) < 4.78 is 4.33. The minimum absolute atomic E-state index is 0.00159. The maximum atomic E-state index is 11.0.